The van der Waals surface area contributed by atoms with Crippen LogP contribution in [0.4, 0.5) is 0 Å². The molecule has 0 spiro atoms. The lowest BCUT2D eigenvalue weighted by Gasteiger charge is -1.85. The van der Waals surface area contributed by atoms with E-state index in [2.05, 4.69) is 9.93 Å². The van der Waals surface area contributed by atoms with Crippen LogP contribution in [0.5, 0.6) is 0 Å². The fraction of sp³-hybridized carbons (Fsp3) is 1.00. The van der Waals surface area contributed by atoms with Crippen LogP contribution in [0.1, 0.15) is 13.3 Å². The molecule has 3 nitrogen and oxygen atoms in total. The van der Waals surface area contributed by atoms with Crippen LogP contribution in [0.25, 0.3) is 0 Å². The fourth-order valence-corrected chi connectivity index (χ4v) is 0.117. The van der Waals surface area contributed by atoms with Gasteiger partial charge in [0.2, 0.25) is 0 Å². The molecule has 0 amide bonds. The first-order valence-electron chi connectivity index (χ1n) is 1.83. The van der Waals surface area contributed by atoms with Gasteiger partial charge in [-0.05, 0) is 16.7 Å². The summed E-state index contributed by atoms with van der Waals surface area (Å²) in [4.78, 5) is 3.93. The molecule has 0 aliphatic carbocycles. The molecule has 6 heavy (non-hydrogen) atoms. The Kier molecular flexibility index (Phi) is 4.78. The second-order valence-corrected chi connectivity index (χ2v) is 0.890. The van der Waals surface area contributed by atoms with Crippen molar-refractivity contribution < 1.29 is 15.2 Å². The van der Waals surface area contributed by atoms with Crippen molar-refractivity contribution in [2.45, 2.75) is 13.3 Å². The SMILES string of the molecule is CCCOO[O]. The number of hydrogen-bond donors (Lipinski definition) is 0. The smallest absolute Gasteiger partial charge is 0.0852 e. The summed E-state index contributed by atoms with van der Waals surface area (Å²) >= 11 is 0. The third-order valence-electron chi connectivity index (χ3n) is 0.336. The topological polar surface area (TPSA) is 38.4 Å². The van der Waals surface area contributed by atoms with Crippen molar-refractivity contribution in [3.63, 3.8) is 0 Å². The van der Waals surface area contributed by atoms with E-state index in [9.17, 15) is 0 Å². The lowest BCUT2D eigenvalue weighted by molar-refractivity contribution is -0.527. The molecule has 0 aliphatic rings. The maximum Gasteiger partial charge on any atom is 0.0852 e. The summed E-state index contributed by atoms with van der Waals surface area (Å²) < 4.78 is 0. The third-order valence-corrected chi connectivity index (χ3v) is 0.336. The van der Waals surface area contributed by atoms with Crippen LogP contribution in [0.2, 0.25) is 0 Å². The molecule has 0 aromatic heterocycles. The highest BCUT2D eigenvalue weighted by Crippen LogP contribution is 1.76. The Hall–Kier alpha value is -0.120. The predicted octanol–water partition coefficient (Wildman–Crippen LogP) is 0.690. The molecule has 0 aromatic carbocycles. The average molecular weight is 91.1 g/mol. The van der Waals surface area contributed by atoms with Crippen molar-refractivity contribution >= 4 is 0 Å². The van der Waals surface area contributed by atoms with Crippen LogP contribution >= 0.6 is 0 Å². The van der Waals surface area contributed by atoms with Gasteiger partial charge in [0.05, 0.1) is 6.61 Å². The molecule has 1 radical (unpaired) electrons. The van der Waals surface area contributed by atoms with E-state index in [1.165, 1.54) is 0 Å². The molecule has 0 aromatic rings. The quantitative estimate of drug-likeness (QED) is 0.291. The minimum Gasteiger partial charge on any atom is -0.204 e. The summed E-state index contributed by atoms with van der Waals surface area (Å²) in [6, 6.07) is 0. The summed E-state index contributed by atoms with van der Waals surface area (Å²) in [6.07, 6.45) is 0.808. The predicted molar refractivity (Wildman–Crippen MR) is 18.0 cm³/mol. The molecule has 0 fully saturated rings. The first-order chi connectivity index (χ1) is 2.91. The molecule has 0 N–H and O–H groups in total. The van der Waals surface area contributed by atoms with Gasteiger partial charge in [-0.15, -0.1) is 0 Å². The van der Waals surface area contributed by atoms with Crippen molar-refractivity contribution in [1.82, 2.24) is 0 Å². The highest BCUT2D eigenvalue weighted by atomic mass is 17.5. The summed E-state index contributed by atoms with van der Waals surface area (Å²) in [6.45, 7) is 2.27. The summed E-state index contributed by atoms with van der Waals surface area (Å²) in [5, 5.41) is 12.0. The van der Waals surface area contributed by atoms with Crippen LogP contribution in [0.15, 0.2) is 0 Å². The van der Waals surface area contributed by atoms with Gasteiger partial charge >= 0.3 is 0 Å². The fourth-order valence-electron chi connectivity index (χ4n) is 0.117. The molecule has 0 atom stereocenters. The van der Waals surface area contributed by atoms with Gasteiger partial charge in [0, 0.05) is 0 Å². The van der Waals surface area contributed by atoms with Crippen LogP contribution in [-0.4, -0.2) is 6.61 Å². The zero-order valence-corrected chi connectivity index (χ0v) is 3.64. The van der Waals surface area contributed by atoms with Crippen molar-refractivity contribution in [2.24, 2.45) is 0 Å². The Balaban J connectivity index is 2.34. The summed E-state index contributed by atoms with van der Waals surface area (Å²) in [7, 11) is 0. The second-order valence-electron chi connectivity index (χ2n) is 0.890. The second kappa shape index (κ2) is 4.88. The largest absolute Gasteiger partial charge is 0.204 e. The van der Waals surface area contributed by atoms with Crippen LogP contribution in [-0.2, 0) is 15.2 Å². The molecule has 37 valence electrons. The van der Waals surface area contributed by atoms with Crippen LogP contribution in [0.3, 0.4) is 0 Å². The van der Waals surface area contributed by atoms with E-state index in [0.29, 0.717) is 6.61 Å². The first kappa shape index (κ1) is 5.88. The lowest BCUT2D eigenvalue weighted by Crippen LogP contribution is -1.87. The standard InChI is InChI=1S/C3H7O3/c1-2-3-5-6-4/h2-3H2,1H3. The van der Waals surface area contributed by atoms with Gasteiger partial charge < -0.3 is 0 Å². The molecule has 0 bridgehead atoms. The van der Waals surface area contributed by atoms with Crippen LogP contribution in [0, 0.1) is 0 Å². The summed E-state index contributed by atoms with van der Waals surface area (Å²) in [5.74, 6) is 0. The zero-order valence-electron chi connectivity index (χ0n) is 3.64. The Morgan fingerprint density at radius 1 is 1.67 bits per heavy atom. The van der Waals surface area contributed by atoms with Crippen molar-refractivity contribution in [3.05, 3.63) is 0 Å². The maximum absolute atomic E-state index is 8.97. The minimum absolute atomic E-state index is 0.378. The van der Waals surface area contributed by atoms with Gasteiger partial charge in [0.15, 0.2) is 0 Å². The first-order valence-corrected chi connectivity index (χ1v) is 1.83. The van der Waals surface area contributed by atoms with Gasteiger partial charge in [-0.25, -0.2) is 4.89 Å². The van der Waals surface area contributed by atoms with E-state index in [0.717, 1.165) is 6.42 Å². The van der Waals surface area contributed by atoms with E-state index >= 15 is 0 Å². The Morgan fingerprint density at radius 2 is 2.33 bits per heavy atom. The van der Waals surface area contributed by atoms with Gasteiger partial charge in [0.1, 0.15) is 0 Å². The Labute approximate surface area is 36.3 Å². The molecular formula is C3H7O3. The van der Waals surface area contributed by atoms with E-state index in [1.807, 2.05) is 6.92 Å². The monoisotopic (exact) mass is 91.0 g/mol. The molecule has 0 aliphatic heterocycles. The van der Waals surface area contributed by atoms with Crippen LogP contribution < -0.4 is 0 Å². The van der Waals surface area contributed by atoms with E-state index in [-0.39, 0.29) is 0 Å². The molecule has 0 heterocycles. The van der Waals surface area contributed by atoms with E-state index in [4.69, 9.17) is 5.26 Å². The molecule has 0 rings (SSSR count). The number of rotatable bonds is 3. The van der Waals surface area contributed by atoms with Gasteiger partial charge in [-0.2, -0.15) is 0 Å². The minimum atomic E-state index is 0.378. The van der Waals surface area contributed by atoms with E-state index in [1.54, 1.807) is 0 Å². The zero-order chi connectivity index (χ0) is 4.83. The highest BCUT2D eigenvalue weighted by molar-refractivity contribution is 4.12. The Morgan fingerprint density at radius 3 is 2.50 bits per heavy atom. The lowest BCUT2D eigenvalue weighted by atomic mass is 10.5. The third kappa shape index (κ3) is 3.88. The van der Waals surface area contributed by atoms with E-state index < -0.39 is 0 Å². The Bertz CT molecular complexity index is 18.0. The highest BCUT2D eigenvalue weighted by Gasteiger charge is 1.76. The van der Waals surface area contributed by atoms with Gasteiger partial charge in [-0.1, -0.05) is 6.92 Å². The average Bonchev–Trinajstić information content (AvgIpc) is 1.61. The molecule has 0 saturated carbocycles. The molecule has 0 saturated heterocycles. The summed E-state index contributed by atoms with van der Waals surface area (Å²) in [5.41, 5.74) is 0. The normalized spacial score (nSPS) is 9.00. The van der Waals surface area contributed by atoms with Crippen molar-refractivity contribution in [2.75, 3.05) is 6.61 Å². The van der Waals surface area contributed by atoms with Gasteiger partial charge in [-0.3, -0.25) is 0 Å². The maximum atomic E-state index is 8.97. The number of hydrogen-bond acceptors (Lipinski definition) is 2. The molecular weight excluding hydrogens is 84.0 g/mol. The van der Waals surface area contributed by atoms with Crippen molar-refractivity contribution in [3.8, 4) is 0 Å². The molecule has 0 unspecified atom stereocenters. The van der Waals surface area contributed by atoms with Crippen molar-refractivity contribution in [1.29, 1.82) is 0 Å². The molecule has 3 heteroatoms. The van der Waals surface area contributed by atoms with Gasteiger partial charge in [0.25, 0.3) is 0 Å².